The molecule has 0 heterocycles. The van der Waals surface area contributed by atoms with Crippen LogP contribution in [0.2, 0.25) is 0 Å². The molecule has 0 amide bonds. The minimum Gasteiger partial charge on any atom is -0.171 e. The Labute approximate surface area is 92.5 Å². The Bertz CT molecular complexity index is 326. The highest BCUT2D eigenvalue weighted by Gasteiger charge is 2.12. The van der Waals surface area contributed by atoms with Crippen molar-refractivity contribution >= 4 is 18.7 Å². The average molecular weight is 206 g/mol. The summed E-state index contributed by atoms with van der Waals surface area (Å²) in [5.41, 5.74) is 4.02. The van der Waals surface area contributed by atoms with E-state index < -0.39 is 0 Å². The Hall–Kier alpha value is -0.690. The first kappa shape index (κ1) is 11.4. The minimum atomic E-state index is 0.393. The lowest BCUT2D eigenvalue weighted by Crippen LogP contribution is -1.97. The highest BCUT2D eigenvalue weighted by atomic mass is 32.1. The third-order valence-electron chi connectivity index (χ3n) is 2.26. The highest BCUT2D eigenvalue weighted by Crippen LogP contribution is 2.32. The van der Waals surface area contributed by atoms with Crippen molar-refractivity contribution in [1.29, 1.82) is 0 Å². The van der Waals surface area contributed by atoms with Crippen LogP contribution >= 0.6 is 12.6 Å². The fourth-order valence-electron chi connectivity index (χ4n) is 1.59. The Balaban J connectivity index is 0.000000461. The number of hydrogen-bond acceptors (Lipinski definition) is 1. The molecule has 0 N–H and O–H groups in total. The van der Waals surface area contributed by atoms with Crippen LogP contribution in [0.25, 0.3) is 6.08 Å². The van der Waals surface area contributed by atoms with E-state index in [0.29, 0.717) is 5.25 Å². The monoisotopic (exact) mass is 206 g/mol. The smallest absolute Gasteiger partial charge is 0.0307 e. The van der Waals surface area contributed by atoms with Gasteiger partial charge < -0.3 is 0 Å². The molecule has 1 aromatic rings. The van der Waals surface area contributed by atoms with E-state index in [2.05, 4.69) is 49.9 Å². The maximum atomic E-state index is 4.54. The van der Waals surface area contributed by atoms with Gasteiger partial charge in [-0.3, -0.25) is 0 Å². The number of hydrogen-bond donors (Lipinski definition) is 1. The topological polar surface area (TPSA) is 0 Å². The van der Waals surface area contributed by atoms with Gasteiger partial charge in [-0.1, -0.05) is 49.8 Å². The van der Waals surface area contributed by atoms with Gasteiger partial charge in [0.05, 0.1) is 0 Å². The predicted molar refractivity (Wildman–Crippen MR) is 67.9 cm³/mol. The van der Waals surface area contributed by atoms with E-state index in [0.717, 1.165) is 6.42 Å². The van der Waals surface area contributed by atoms with Gasteiger partial charge in [-0.2, -0.15) is 12.6 Å². The lowest BCUT2D eigenvalue weighted by molar-refractivity contribution is 0.960. The van der Waals surface area contributed by atoms with Crippen molar-refractivity contribution in [3.8, 4) is 0 Å². The number of benzene rings is 1. The molecular weight excluding hydrogens is 188 g/mol. The van der Waals surface area contributed by atoms with Gasteiger partial charge in [-0.05, 0) is 24.5 Å². The molecule has 0 saturated heterocycles. The molecule has 1 heteroatoms. The van der Waals surface area contributed by atoms with Crippen molar-refractivity contribution in [2.45, 2.75) is 32.4 Å². The maximum Gasteiger partial charge on any atom is 0.0307 e. The fraction of sp³-hybridized carbons (Fsp3) is 0.385. The van der Waals surface area contributed by atoms with Crippen LogP contribution in [0.4, 0.5) is 0 Å². The molecule has 0 bridgehead atoms. The molecule has 76 valence electrons. The number of thiol groups is 1. The molecule has 1 atom stereocenters. The summed E-state index contributed by atoms with van der Waals surface area (Å²) in [7, 11) is 0. The molecule has 0 aliphatic heterocycles. The van der Waals surface area contributed by atoms with Gasteiger partial charge in [0.15, 0.2) is 0 Å². The van der Waals surface area contributed by atoms with Crippen molar-refractivity contribution in [1.82, 2.24) is 0 Å². The van der Waals surface area contributed by atoms with E-state index in [1.165, 1.54) is 16.7 Å². The van der Waals surface area contributed by atoms with Gasteiger partial charge in [0.2, 0.25) is 0 Å². The van der Waals surface area contributed by atoms with Crippen LogP contribution in [-0.2, 0) is 0 Å². The largest absolute Gasteiger partial charge is 0.171 e. The van der Waals surface area contributed by atoms with Crippen LogP contribution < -0.4 is 0 Å². The zero-order valence-corrected chi connectivity index (χ0v) is 10.0. The third-order valence-corrected chi connectivity index (χ3v) is 2.75. The second-order valence-corrected chi connectivity index (χ2v) is 3.91. The van der Waals surface area contributed by atoms with E-state index in [9.17, 15) is 0 Å². The summed E-state index contributed by atoms with van der Waals surface area (Å²) >= 11 is 4.54. The van der Waals surface area contributed by atoms with E-state index >= 15 is 0 Å². The standard InChI is InChI=1S/C11H12S.C2H6/c1-8-5-6-9-3-2-4-11(12)10(9)7-8;1-2/h2-3,5-7,11-12H,4H2,1H3;1-2H3. The highest BCUT2D eigenvalue weighted by molar-refractivity contribution is 7.80. The molecule has 0 saturated carbocycles. The lowest BCUT2D eigenvalue weighted by Gasteiger charge is -2.17. The predicted octanol–water partition coefficient (Wildman–Crippen LogP) is 4.41. The molecular formula is C13H18S. The molecule has 1 aromatic carbocycles. The van der Waals surface area contributed by atoms with Crippen molar-refractivity contribution in [3.63, 3.8) is 0 Å². The zero-order chi connectivity index (χ0) is 10.6. The van der Waals surface area contributed by atoms with Gasteiger partial charge >= 0.3 is 0 Å². The second-order valence-electron chi connectivity index (χ2n) is 3.29. The summed E-state index contributed by atoms with van der Waals surface area (Å²) in [6.07, 6.45) is 5.43. The Morgan fingerprint density at radius 3 is 2.71 bits per heavy atom. The van der Waals surface area contributed by atoms with Gasteiger partial charge in [-0.25, -0.2) is 0 Å². The molecule has 1 unspecified atom stereocenters. The fourth-order valence-corrected chi connectivity index (χ4v) is 1.93. The first-order chi connectivity index (χ1) is 6.77. The van der Waals surface area contributed by atoms with Gasteiger partial charge in [-0.15, -0.1) is 0 Å². The van der Waals surface area contributed by atoms with Gasteiger partial charge in [0.25, 0.3) is 0 Å². The Morgan fingerprint density at radius 1 is 1.29 bits per heavy atom. The summed E-state index contributed by atoms with van der Waals surface area (Å²) in [4.78, 5) is 0. The van der Waals surface area contributed by atoms with E-state index in [1.54, 1.807) is 0 Å². The quantitative estimate of drug-likeness (QED) is 0.597. The van der Waals surface area contributed by atoms with Crippen LogP contribution in [-0.4, -0.2) is 0 Å². The minimum absolute atomic E-state index is 0.393. The molecule has 0 nitrogen and oxygen atoms in total. The van der Waals surface area contributed by atoms with Crippen LogP contribution in [0.1, 0.15) is 42.2 Å². The molecule has 0 spiro atoms. The van der Waals surface area contributed by atoms with Crippen molar-refractivity contribution in [3.05, 3.63) is 41.0 Å². The van der Waals surface area contributed by atoms with Gasteiger partial charge in [0, 0.05) is 5.25 Å². The molecule has 0 fully saturated rings. The second kappa shape index (κ2) is 5.26. The third kappa shape index (κ3) is 2.42. The van der Waals surface area contributed by atoms with E-state index in [1.807, 2.05) is 13.8 Å². The number of fused-ring (bicyclic) bond motifs is 1. The van der Waals surface area contributed by atoms with Crippen LogP contribution in [0, 0.1) is 6.92 Å². The molecule has 0 radical (unpaired) electrons. The zero-order valence-electron chi connectivity index (χ0n) is 9.12. The first-order valence-electron chi connectivity index (χ1n) is 5.22. The van der Waals surface area contributed by atoms with Crippen molar-refractivity contribution in [2.75, 3.05) is 0 Å². The number of allylic oxidation sites excluding steroid dienone is 1. The SMILES string of the molecule is CC.Cc1ccc2c(c1)C(S)CC=C2. The number of aryl methyl sites for hydroxylation is 1. The Kier molecular flexibility index (Phi) is 4.27. The van der Waals surface area contributed by atoms with Gasteiger partial charge in [0.1, 0.15) is 0 Å². The van der Waals surface area contributed by atoms with E-state index in [4.69, 9.17) is 0 Å². The molecule has 1 aliphatic carbocycles. The van der Waals surface area contributed by atoms with Crippen LogP contribution in [0.3, 0.4) is 0 Å². The summed E-state index contributed by atoms with van der Waals surface area (Å²) in [6, 6.07) is 6.55. The summed E-state index contributed by atoms with van der Waals surface area (Å²) in [6.45, 7) is 6.12. The molecule has 14 heavy (non-hydrogen) atoms. The first-order valence-corrected chi connectivity index (χ1v) is 5.74. The lowest BCUT2D eigenvalue weighted by atomic mass is 9.95. The van der Waals surface area contributed by atoms with Crippen LogP contribution in [0.5, 0.6) is 0 Å². The summed E-state index contributed by atoms with van der Waals surface area (Å²) in [5, 5.41) is 0.393. The molecule has 0 aromatic heterocycles. The summed E-state index contributed by atoms with van der Waals surface area (Å²) < 4.78 is 0. The molecule has 1 aliphatic rings. The Morgan fingerprint density at radius 2 is 2.00 bits per heavy atom. The van der Waals surface area contributed by atoms with E-state index in [-0.39, 0.29) is 0 Å². The van der Waals surface area contributed by atoms with Crippen molar-refractivity contribution < 1.29 is 0 Å². The molecule has 2 rings (SSSR count). The maximum absolute atomic E-state index is 4.54. The summed E-state index contributed by atoms with van der Waals surface area (Å²) in [5.74, 6) is 0. The normalized spacial score (nSPS) is 18.1. The van der Waals surface area contributed by atoms with Crippen LogP contribution in [0.15, 0.2) is 24.3 Å². The average Bonchev–Trinajstić information content (AvgIpc) is 2.22. The van der Waals surface area contributed by atoms with Crippen molar-refractivity contribution in [2.24, 2.45) is 0 Å². The number of rotatable bonds is 0.